The van der Waals surface area contributed by atoms with Crippen molar-refractivity contribution in [3.8, 4) is 5.69 Å². The molecule has 2 amide bonds. The highest BCUT2D eigenvalue weighted by Gasteiger charge is 2.31. The van der Waals surface area contributed by atoms with Crippen LogP contribution < -0.4 is 21.3 Å². The number of nitrogens with two attached hydrogens (primary N) is 1. The number of rotatable bonds is 5. The number of aromatic nitrogens is 2. The number of anilines is 1. The summed E-state index contributed by atoms with van der Waals surface area (Å²) in [6, 6.07) is 11.6. The predicted molar refractivity (Wildman–Crippen MR) is 107 cm³/mol. The van der Waals surface area contributed by atoms with Crippen LogP contribution in [0.1, 0.15) is 26.4 Å². The third-order valence-electron chi connectivity index (χ3n) is 4.53. The van der Waals surface area contributed by atoms with Gasteiger partial charge in [-0.25, -0.2) is 13.1 Å². The predicted octanol–water partition coefficient (Wildman–Crippen LogP) is 0.177. The van der Waals surface area contributed by atoms with Crippen molar-refractivity contribution in [2.45, 2.75) is 11.4 Å². The first-order chi connectivity index (χ1) is 14.3. The van der Waals surface area contributed by atoms with E-state index in [0.717, 1.165) is 10.6 Å². The molecular weight excluding hydrogens is 410 g/mol. The van der Waals surface area contributed by atoms with Crippen LogP contribution in [0.25, 0.3) is 5.69 Å². The first-order valence-corrected chi connectivity index (χ1v) is 10.2. The van der Waals surface area contributed by atoms with Crippen LogP contribution in [0.15, 0.2) is 64.4 Å². The van der Waals surface area contributed by atoms with Crippen LogP contribution in [-0.2, 0) is 16.6 Å². The lowest BCUT2D eigenvalue weighted by atomic mass is 10.1. The van der Waals surface area contributed by atoms with Gasteiger partial charge < -0.3 is 5.73 Å². The van der Waals surface area contributed by atoms with Crippen molar-refractivity contribution >= 4 is 27.7 Å². The van der Waals surface area contributed by atoms with Gasteiger partial charge in [-0.2, -0.15) is 0 Å². The number of imide groups is 1. The molecule has 30 heavy (non-hydrogen) atoms. The lowest BCUT2D eigenvalue weighted by Gasteiger charge is -2.12. The fourth-order valence-corrected chi connectivity index (χ4v) is 4.07. The van der Waals surface area contributed by atoms with Crippen molar-refractivity contribution in [1.82, 2.24) is 19.6 Å². The fourth-order valence-electron chi connectivity index (χ4n) is 3.08. The highest BCUT2D eigenvalue weighted by atomic mass is 32.2. The fraction of sp³-hybridized carbons (Fsp3) is 0.0526. The molecule has 10 nitrogen and oxygen atoms in total. The monoisotopic (exact) mass is 425 g/mol. The van der Waals surface area contributed by atoms with E-state index < -0.39 is 27.4 Å². The molecule has 0 bridgehead atoms. The maximum Gasteiger partial charge on any atom is 0.262 e. The van der Waals surface area contributed by atoms with E-state index in [9.17, 15) is 22.8 Å². The number of hydrogen-bond acceptors (Lipinski definition) is 7. The average Bonchev–Trinajstić information content (AvgIpc) is 3.01. The van der Waals surface area contributed by atoms with Gasteiger partial charge in [-0.1, -0.05) is 6.07 Å². The molecule has 0 aliphatic carbocycles. The van der Waals surface area contributed by atoms with E-state index in [4.69, 9.17) is 5.73 Å². The van der Waals surface area contributed by atoms with E-state index in [2.05, 4.69) is 15.0 Å². The van der Waals surface area contributed by atoms with Crippen molar-refractivity contribution < 1.29 is 18.0 Å². The molecule has 3 heterocycles. The number of amides is 2. The van der Waals surface area contributed by atoms with Crippen LogP contribution >= 0.6 is 0 Å². The first kappa shape index (κ1) is 19.5. The topological polar surface area (TPSA) is 153 Å². The summed E-state index contributed by atoms with van der Waals surface area (Å²) in [4.78, 5) is 40.2. The van der Waals surface area contributed by atoms with Gasteiger partial charge in [-0.05, 0) is 36.4 Å². The number of fused-ring (bicyclic) bond motifs is 1. The highest BCUT2D eigenvalue weighted by Crippen LogP contribution is 2.23. The minimum atomic E-state index is -3.82. The van der Waals surface area contributed by atoms with E-state index in [-0.39, 0.29) is 34.1 Å². The Balaban J connectivity index is 1.65. The van der Waals surface area contributed by atoms with Gasteiger partial charge in [0.15, 0.2) is 0 Å². The van der Waals surface area contributed by atoms with Gasteiger partial charge in [0.05, 0.1) is 33.9 Å². The molecule has 1 aromatic carbocycles. The number of carbonyl (C=O) groups excluding carboxylic acids is 2. The van der Waals surface area contributed by atoms with Crippen LogP contribution in [0.4, 0.5) is 5.82 Å². The van der Waals surface area contributed by atoms with Crippen LogP contribution in [0.3, 0.4) is 0 Å². The summed E-state index contributed by atoms with van der Waals surface area (Å²) in [7, 11) is -3.82. The van der Waals surface area contributed by atoms with Crippen molar-refractivity contribution in [2.75, 3.05) is 5.73 Å². The second-order valence-corrected chi connectivity index (χ2v) is 8.18. The molecule has 11 heteroatoms. The molecule has 3 aromatic rings. The van der Waals surface area contributed by atoms with Gasteiger partial charge in [0.25, 0.3) is 17.4 Å². The molecule has 1 aliphatic heterocycles. The average molecular weight is 425 g/mol. The highest BCUT2D eigenvalue weighted by molar-refractivity contribution is 7.89. The molecule has 4 rings (SSSR count). The molecule has 0 radical (unpaired) electrons. The van der Waals surface area contributed by atoms with Gasteiger partial charge in [0, 0.05) is 12.3 Å². The quantitative estimate of drug-likeness (QED) is 0.493. The number of nitrogens with one attached hydrogen (secondary N) is 2. The number of hydrogen-bond donors (Lipinski definition) is 3. The number of pyridine rings is 2. The van der Waals surface area contributed by atoms with E-state index >= 15 is 0 Å². The summed E-state index contributed by atoms with van der Waals surface area (Å²) in [6.45, 7) is 0.0191. The maximum atomic E-state index is 12.5. The van der Waals surface area contributed by atoms with Gasteiger partial charge in [-0.15, -0.1) is 0 Å². The largest absolute Gasteiger partial charge is 0.384 e. The smallest absolute Gasteiger partial charge is 0.262 e. The Morgan fingerprint density at radius 3 is 2.43 bits per heavy atom. The molecule has 0 unspecified atom stereocenters. The molecule has 152 valence electrons. The third-order valence-corrected chi connectivity index (χ3v) is 5.95. The van der Waals surface area contributed by atoms with Crippen LogP contribution in [-0.4, -0.2) is 29.8 Å². The molecule has 0 saturated heterocycles. The number of nitrogens with zero attached hydrogens (tertiary/aromatic N) is 2. The standard InChI is InChI=1S/C19H15N5O5S/c20-17-16-14(18(26)23-19(16)27)9-15(25)24(17)12-4-6-13(7-5-12)30(28,29)22-10-11-3-1-2-8-21-11/h1-9,22H,10,20H2,(H,23,26,27). The Morgan fingerprint density at radius 1 is 1.03 bits per heavy atom. The van der Waals surface area contributed by atoms with Crippen LogP contribution in [0.2, 0.25) is 0 Å². The summed E-state index contributed by atoms with van der Waals surface area (Å²) in [5, 5.41) is 2.08. The van der Waals surface area contributed by atoms with Crippen molar-refractivity contribution in [2.24, 2.45) is 0 Å². The number of carbonyl (C=O) groups is 2. The van der Waals surface area contributed by atoms with E-state index in [0.29, 0.717) is 5.69 Å². The minimum Gasteiger partial charge on any atom is -0.384 e. The Hall–Kier alpha value is -3.83. The minimum absolute atomic E-state index is 0.0191. The van der Waals surface area contributed by atoms with Crippen molar-refractivity contribution in [3.63, 3.8) is 0 Å². The van der Waals surface area contributed by atoms with Crippen molar-refractivity contribution in [3.05, 3.63) is 81.9 Å². The molecule has 1 aliphatic rings. The summed E-state index contributed by atoms with van der Waals surface area (Å²) >= 11 is 0. The van der Waals surface area contributed by atoms with Crippen LogP contribution in [0, 0.1) is 0 Å². The molecule has 4 N–H and O–H groups in total. The SMILES string of the molecule is Nc1c2c(cc(=O)n1-c1ccc(S(=O)(=O)NCc3ccccn3)cc1)C(=O)NC2=O. The lowest BCUT2D eigenvalue weighted by molar-refractivity contribution is 0.0880. The zero-order valence-electron chi connectivity index (χ0n) is 15.3. The third kappa shape index (κ3) is 3.36. The Labute approximate surface area is 170 Å². The molecule has 2 aromatic heterocycles. The van der Waals surface area contributed by atoms with Gasteiger partial charge in [-0.3, -0.25) is 29.3 Å². The Morgan fingerprint density at radius 2 is 1.77 bits per heavy atom. The van der Waals surface area contributed by atoms with E-state index in [1.54, 1.807) is 24.4 Å². The summed E-state index contributed by atoms with van der Waals surface area (Å²) < 4.78 is 28.5. The summed E-state index contributed by atoms with van der Waals surface area (Å²) in [5.41, 5.74) is 5.97. The second-order valence-electron chi connectivity index (χ2n) is 6.41. The van der Waals surface area contributed by atoms with Gasteiger partial charge >= 0.3 is 0 Å². The zero-order valence-corrected chi connectivity index (χ0v) is 16.1. The first-order valence-electron chi connectivity index (χ1n) is 8.69. The Kier molecular flexibility index (Phi) is 4.68. The van der Waals surface area contributed by atoms with E-state index in [1.165, 1.54) is 24.3 Å². The molecular formula is C19H15N5O5S. The van der Waals surface area contributed by atoms with Crippen LogP contribution in [0.5, 0.6) is 0 Å². The Bertz CT molecular complexity index is 1330. The molecule has 0 saturated carbocycles. The molecule has 0 fully saturated rings. The second kappa shape index (κ2) is 7.21. The lowest BCUT2D eigenvalue weighted by Crippen LogP contribution is -2.25. The summed E-state index contributed by atoms with van der Waals surface area (Å²) in [6.07, 6.45) is 1.56. The van der Waals surface area contributed by atoms with Crippen molar-refractivity contribution in [1.29, 1.82) is 0 Å². The molecule has 0 spiro atoms. The molecule has 0 atom stereocenters. The van der Waals surface area contributed by atoms with Gasteiger partial charge in [0.2, 0.25) is 10.0 Å². The zero-order chi connectivity index (χ0) is 21.5. The normalized spacial score (nSPS) is 13.2. The number of benzene rings is 1. The number of nitrogen functional groups attached to an aromatic ring is 1. The van der Waals surface area contributed by atoms with E-state index in [1.807, 2.05) is 0 Å². The maximum absolute atomic E-state index is 12.5. The van der Waals surface area contributed by atoms with Gasteiger partial charge in [0.1, 0.15) is 5.82 Å². The summed E-state index contributed by atoms with van der Waals surface area (Å²) in [5.74, 6) is -1.59. The number of sulfonamides is 1.